The highest BCUT2D eigenvalue weighted by Gasteiger charge is 2.16. The molecule has 0 aliphatic carbocycles. The minimum Gasteiger partial charge on any atom is -0.306 e. The lowest BCUT2D eigenvalue weighted by Gasteiger charge is -2.17. The van der Waals surface area contributed by atoms with Crippen molar-refractivity contribution in [3.05, 3.63) is 65.3 Å². The molecule has 0 bridgehead atoms. The van der Waals surface area contributed by atoms with Crippen LogP contribution in [-0.2, 0) is 0 Å². The molecule has 1 aromatic carbocycles. The summed E-state index contributed by atoms with van der Waals surface area (Å²) < 4.78 is 1.34. The molecule has 1 unspecified atom stereocenters. The van der Waals surface area contributed by atoms with Gasteiger partial charge in [0.25, 0.3) is 0 Å². The highest BCUT2D eigenvalue weighted by molar-refractivity contribution is 7.19. The highest BCUT2D eigenvalue weighted by Crippen LogP contribution is 2.32. The zero-order valence-electron chi connectivity index (χ0n) is 11.5. The summed E-state index contributed by atoms with van der Waals surface area (Å²) in [6.07, 6.45) is 4.91. The second-order valence-electron chi connectivity index (χ2n) is 4.86. The van der Waals surface area contributed by atoms with Gasteiger partial charge in [0.1, 0.15) is 0 Å². The quantitative estimate of drug-likeness (QED) is 0.751. The van der Waals surface area contributed by atoms with Crippen molar-refractivity contribution in [3.63, 3.8) is 0 Å². The summed E-state index contributed by atoms with van der Waals surface area (Å²) in [5, 5.41) is 4.95. The molecule has 0 saturated heterocycles. The van der Waals surface area contributed by atoms with E-state index in [1.165, 1.54) is 20.5 Å². The molecule has 0 saturated carbocycles. The summed E-state index contributed by atoms with van der Waals surface area (Å²) in [5.74, 6) is 0. The molecule has 0 aliphatic rings. The van der Waals surface area contributed by atoms with E-state index in [0.717, 1.165) is 13.0 Å². The SMILES string of the molecule is CCCNC(c1cccnc1)c1cc2ccccc2s1. The van der Waals surface area contributed by atoms with Crippen molar-refractivity contribution in [3.8, 4) is 0 Å². The van der Waals surface area contributed by atoms with Gasteiger partial charge in [0, 0.05) is 22.0 Å². The van der Waals surface area contributed by atoms with Crippen molar-refractivity contribution < 1.29 is 0 Å². The lowest BCUT2D eigenvalue weighted by atomic mass is 10.1. The maximum atomic E-state index is 4.26. The maximum Gasteiger partial charge on any atom is 0.0686 e. The Bertz CT molecular complexity index is 643. The molecule has 2 nitrogen and oxygen atoms in total. The Morgan fingerprint density at radius 3 is 2.85 bits per heavy atom. The van der Waals surface area contributed by atoms with Gasteiger partial charge in [-0.05, 0) is 42.1 Å². The van der Waals surface area contributed by atoms with Crippen molar-refractivity contribution in [2.24, 2.45) is 0 Å². The third-order valence-corrected chi connectivity index (χ3v) is 4.53. The van der Waals surface area contributed by atoms with E-state index in [1.54, 1.807) is 0 Å². The van der Waals surface area contributed by atoms with E-state index in [9.17, 15) is 0 Å². The number of hydrogen-bond acceptors (Lipinski definition) is 3. The first-order valence-corrected chi connectivity index (χ1v) is 7.82. The van der Waals surface area contributed by atoms with Gasteiger partial charge in [-0.3, -0.25) is 4.98 Å². The Balaban J connectivity index is 2.00. The summed E-state index contributed by atoms with van der Waals surface area (Å²) in [4.78, 5) is 5.61. The fourth-order valence-corrected chi connectivity index (χ4v) is 3.53. The first-order valence-electron chi connectivity index (χ1n) is 7.00. The Labute approximate surface area is 123 Å². The Morgan fingerprint density at radius 1 is 1.20 bits per heavy atom. The smallest absolute Gasteiger partial charge is 0.0686 e. The average molecular weight is 282 g/mol. The normalized spacial score (nSPS) is 12.7. The van der Waals surface area contributed by atoms with Gasteiger partial charge >= 0.3 is 0 Å². The van der Waals surface area contributed by atoms with Crippen LogP contribution in [-0.4, -0.2) is 11.5 Å². The summed E-state index contributed by atoms with van der Waals surface area (Å²) in [7, 11) is 0. The molecule has 0 spiro atoms. The number of aromatic nitrogens is 1. The number of nitrogens with one attached hydrogen (secondary N) is 1. The zero-order chi connectivity index (χ0) is 13.8. The van der Waals surface area contributed by atoms with Crippen LogP contribution in [0.15, 0.2) is 54.9 Å². The van der Waals surface area contributed by atoms with E-state index in [4.69, 9.17) is 0 Å². The summed E-state index contributed by atoms with van der Waals surface area (Å²) in [6, 6.07) is 15.2. The molecule has 1 N–H and O–H groups in total. The maximum absolute atomic E-state index is 4.26. The Kier molecular flexibility index (Phi) is 4.09. The van der Waals surface area contributed by atoms with Crippen molar-refractivity contribution >= 4 is 21.4 Å². The number of rotatable bonds is 5. The first kappa shape index (κ1) is 13.3. The summed E-state index contributed by atoms with van der Waals surface area (Å²) >= 11 is 1.86. The van der Waals surface area contributed by atoms with Crippen LogP contribution in [0.25, 0.3) is 10.1 Å². The predicted octanol–water partition coefficient (Wildman–Crippen LogP) is 4.39. The molecule has 3 rings (SSSR count). The molecule has 2 aromatic heterocycles. The molecule has 20 heavy (non-hydrogen) atoms. The van der Waals surface area contributed by atoms with Crippen LogP contribution in [0, 0.1) is 0 Å². The van der Waals surface area contributed by atoms with Crippen LogP contribution in [0.5, 0.6) is 0 Å². The third-order valence-electron chi connectivity index (χ3n) is 3.35. The standard InChI is InChI=1S/C17H18N2S/c1-2-9-19-17(14-7-5-10-18-12-14)16-11-13-6-3-4-8-15(13)20-16/h3-8,10-12,17,19H,2,9H2,1H3. The lowest BCUT2D eigenvalue weighted by Crippen LogP contribution is -2.22. The molecular formula is C17H18N2S. The molecule has 0 amide bonds. The number of pyridine rings is 1. The Morgan fingerprint density at radius 2 is 2.10 bits per heavy atom. The monoisotopic (exact) mass is 282 g/mol. The van der Waals surface area contributed by atoms with Crippen LogP contribution in [0.1, 0.15) is 29.8 Å². The molecule has 102 valence electrons. The number of hydrogen-bond donors (Lipinski definition) is 1. The van der Waals surface area contributed by atoms with Crippen LogP contribution < -0.4 is 5.32 Å². The Hall–Kier alpha value is -1.71. The zero-order valence-corrected chi connectivity index (χ0v) is 12.4. The van der Waals surface area contributed by atoms with Crippen LogP contribution in [0.2, 0.25) is 0 Å². The van der Waals surface area contributed by atoms with Crippen LogP contribution in [0.4, 0.5) is 0 Å². The largest absolute Gasteiger partial charge is 0.306 e. The van der Waals surface area contributed by atoms with Gasteiger partial charge < -0.3 is 5.32 Å². The van der Waals surface area contributed by atoms with E-state index in [2.05, 4.69) is 53.6 Å². The lowest BCUT2D eigenvalue weighted by molar-refractivity contribution is 0.604. The fourth-order valence-electron chi connectivity index (χ4n) is 2.36. The number of thiophene rings is 1. The van der Waals surface area contributed by atoms with Crippen molar-refractivity contribution in [1.29, 1.82) is 0 Å². The van der Waals surface area contributed by atoms with E-state index >= 15 is 0 Å². The summed E-state index contributed by atoms with van der Waals surface area (Å²) in [5.41, 5.74) is 1.23. The molecule has 3 aromatic rings. The number of nitrogens with zero attached hydrogens (tertiary/aromatic N) is 1. The van der Waals surface area contributed by atoms with Gasteiger partial charge in [-0.25, -0.2) is 0 Å². The molecule has 1 atom stereocenters. The third kappa shape index (κ3) is 2.74. The van der Waals surface area contributed by atoms with Crippen LogP contribution >= 0.6 is 11.3 Å². The first-order chi connectivity index (χ1) is 9.88. The van der Waals surface area contributed by atoms with Gasteiger partial charge in [-0.1, -0.05) is 31.2 Å². The van der Waals surface area contributed by atoms with E-state index in [0.29, 0.717) is 0 Å². The minimum absolute atomic E-state index is 0.237. The molecule has 2 heterocycles. The van der Waals surface area contributed by atoms with Gasteiger partial charge in [0.2, 0.25) is 0 Å². The second kappa shape index (κ2) is 6.16. The molecule has 3 heteroatoms. The molecule has 0 fully saturated rings. The predicted molar refractivity (Wildman–Crippen MR) is 86.2 cm³/mol. The highest BCUT2D eigenvalue weighted by atomic mass is 32.1. The van der Waals surface area contributed by atoms with E-state index in [1.807, 2.05) is 29.8 Å². The molecule has 0 radical (unpaired) electrons. The van der Waals surface area contributed by atoms with E-state index in [-0.39, 0.29) is 6.04 Å². The topological polar surface area (TPSA) is 24.9 Å². The second-order valence-corrected chi connectivity index (χ2v) is 5.98. The molecule has 0 aliphatic heterocycles. The number of benzene rings is 1. The van der Waals surface area contributed by atoms with Gasteiger partial charge in [-0.2, -0.15) is 0 Å². The van der Waals surface area contributed by atoms with Crippen molar-refractivity contribution in [2.45, 2.75) is 19.4 Å². The van der Waals surface area contributed by atoms with Gasteiger partial charge in [0.15, 0.2) is 0 Å². The van der Waals surface area contributed by atoms with Crippen LogP contribution in [0.3, 0.4) is 0 Å². The average Bonchev–Trinajstić information content (AvgIpc) is 2.92. The number of fused-ring (bicyclic) bond motifs is 1. The summed E-state index contributed by atoms with van der Waals surface area (Å²) in [6.45, 7) is 3.20. The van der Waals surface area contributed by atoms with Gasteiger partial charge in [0.05, 0.1) is 6.04 Å². The van der Waals surface area contributed by atoms with Crippen molar-refractivity contribution in [2.75, 3.05) is 6.54 Å². The van der Waals surface area contributed by atoms with Crippen molar-refractivity contribution in [1.82, 2.24) is 10.3 Å². The van der Waals surface area contributed by atoms with Gasteiger partial charge in [-0.15, -0.1) is 11.3 Å². The fraction of sp³-hybridized carbons (Fsp3) is 0.235. The minimum atomic E-state index is 0.237. The molecular weight excluding hydrogens is 264 g/mol. The van der Waals surface area contributed by atoms with E-state index < -0.39 is 0 Å².